The molecule has 258 valence electrons. The third kappa shape index (κ3) is 7.01. The van der Waals surface area contributed by atoms with Crippen molar-refractivity contribution in [3.63, 3.8) is 0 Å². The van der Waals surface area contributed by atoms with Gasteiger partial charge >= 0.3 is 280 Å². The molecule has 0 fully saturated rings. The number of fused-ring (bicyclic) bond motifs is 2. The first-order valence-corrected chi connectivity index (χ1v) is 17.8. The molecule has 0 saturated carbocycles. The zero-order chi connectivity index (χ0) is 35.4. The number of benzene rings is 2. The third-order valence-electron chi connectivity index (χ3n) is 7.69. The number of halogens is 3. The number of nitrogens with one attached hydrogen (secondary N) is 1. The van der Waals surface area contributed by atoms with Crippen molar-refractivity contribution in [3.05, 3.63) is 68.5 Å². The van der Waals surface area contributed by atoms with Gasteiger partial charge in [-0.05, 0) is 0 Å². The Kier molecular flexibility index (Phi) is 9.62. The number of aryl methyl sites for hydroxylation is 2. The Bertz CT molecular complexity index is 1600. The summed E-state index contributed by atoms with van der Waals surface area (Å²) in [5.74, 6) is -1.97. The van der Waals surface area contributed by atoms with Crippen molar-refractivity contribution < 1.29 is 45.8 Å². The van der Waals surface area contributed by atoms with Crippen LogP contribution < -0.4 is 14.1 Å². The van der Waals surface area contributed by atoms with E-state index in [1.54, 1.807) is 6.92 Å². The second-order valence-corrected chi connectivity index (χ2v) is 17.3. The Morgan fingerprint density at radius 2 is 1.28 bits per heavy atom. The van der Waals surface area contributed by atoms with Crippen LogP contribution in [-0.4, -0.2) is 42.9 Å². The average Bonchev–Trinajstić information content (AvgIpc) is 3.17. The van der Waals surface area contributed by atoms with E-state index in [1.165, 1.54) is 6.92 Å². The average molecular weight is 698 g/mol. The van der Waals surface area contributed by atoms with Crippen molar-refractivity contribution in [2.75, 3.05) is 19.8 Å². The topological polar surface area (TPSA) is 92.3 Å². The van der Waals surface area contributed by atoms with E-state index in [9.17, 15) is 22.8 Å². The van der Waals surface area contributed by atoms with Crippen molar-refractivity contribution in [1.29, 1.82) is 0 Å². The number of esters is 2. The fraction of sp³-hybridized carbons (Fsp3) is 0.500. The molecule has 0 amide bonds. The van der Waals surface area contributed by atoms with Gasteiger partial charge in [0.15, 0.2) is 0 Å². The molecule has 0 atom stereocenters. The molecule has 2 aliphatic rings. The molecule has 47 heavy (non-hydrogen) atoms. The van der Waals surface area contributed by atoms with Gasteiger partial charge in [0, 0.05) is 0 Å². The van der Waals surface area contributed by atoms with E-state index in [0.717, 1.165) is 11.1 Å². The minimum atomic E-state index is -6.01. The van der Waals surface area contributed by atoms with Crippen molar-refractivity contribution in [3.8, 4) is 11.5 Å². The van der Waals surface area contributed by atoms with Gasteiger partial charge in [0.05, 0.1) is 0 Å². The van der Waals surface area contributed by atoms with Gasteiger partial charge in [0.25, 0.3) is 0 Å². The van der Waals surface area contributed by atoms with Crippen LogP contribution in [0.25, 0.3) is 0 Å². The number of carbonyl (C=O) groups is 2. The quantitative estimate of drug-likeness (QED) is 0.182. The number of rotatable bonds is 6. The van der Waals surface area contributed by atoms with E-state index in [1.807, 2.05) is 79.7 Å². The van der Waals surface area contributed by atoms with E-state index in [0.29, 0.717) is 22.3 Å². The summed E-state index contributed by atoms with van der Waals surface area (Å²) in [4.78, 5) is 27.3. The molecule has 8 nitrogen and oxygen atoms in total. The summed E-state index contributed by atoms with van der Waals surface area (Å²) < 4.78 is 73.3. The Labute approximate surface area is 279 Å². The molecular formula is C34H43F3NO7PS. The zero-order valence-electron chi connectivity index (χ0n) is 28.5. The summed E-state index contributed by atoms with van der Waals surface area (Å²) in [6.07, 6.45) is -4.65. The maximum atomic E-state index is 14.3. The molecule has 2 aliphatic heterocycles. The van der Waals surface area contributed by atoms with Gasteiger partial charge in [-0.1, -0.05) is 0 Å². The van der Waals surface area contributed by atoms with Crippen LogP contribution in [0.3, 0.4) is 0 Å². The number of hydrogen-bond donors (Lipinski definition) is 1. The first-order valence-electron chi connectivity index (χ1n) is 15.4. The van der Waals surface area contributed by atoms with Gasteiger partial charge in [-0.3, -0.25) is 0 Å². The van der Waals surface area contributed by atoms with Gasteiger partial charge in [0.2, 0.25) is 0 Å². The van der Waals surface area contributed by atoms with E-state index in [-0.39, 0.29) is 31.1 Å². The standard InChI is InChI=1S/C34H43F3NO7PS/c1-11-41-30(39)25-28(31(40)42-12-2)46(38-29(25)47,43-18-34(35,36)37)44-26-21(13-19(3)15-23(26)32(5,6)7)17-22-14-20(4)16-24(27(22)45-46)33(8,9)10/h13-16H,11-12,17-18H2,1-10H3,(H,38,47). The Morgan fingerprint density at radius 1 is 0.830 bits per heavy atom. The molecule has 0 aliphatic carbocycles. The molecule has 0 saturated heterocycles. The summed E-state index contributed by atoms with van der Waals surface area (Å²) in [6.45, 7) is 16.2. The summed E-state index contributed by atoms with van der Waals surface area (Å²) in [7, 11) is -6.01. The molecule has 0 radical (unpaired) electrons. The maximum absolute atomic E-state index is 14.3. The van der Waals surface area contributed by atoms with E-state index >= 15 is 0 Å². The van der Waals surface area contributed by atoms with Crippen LogP contribution in [0.15, 0.2) is 35.2 Å². The van der Waals surface area contributed by atoms with Crippen LogP contribution in [0.5, 0.6) is 11.5 Å². The van der Waals surface area contributed by atoms with Crippen LogP contribution in [0.1, 0.15) is 88.8 Å². The molecule has 1 N–H and O–H groups in total. The molecular weight excluding hydrogens is 654 g/mol. The van der Waals surface area contributed by atoms with E-state index in [4.69, 9.17) is 35.3 Å². The minimum absolute atomic E-state index is 0.116. The van der Waals surface area contributed by atoms with E-state index < -0.39 is 58.9 Å². The molecule has 2 heterocycles. The Hall–Kier alpha value is -3.21. The van der Waals surface area contributed by atoms with Gasteiger partial charge in [-0.15, -0.1) is 0 Å². The normalized spacial score (nSPS) is 18.0. The number of thiocarbonyl (C=S) groups is 1. The fourth-order valence-corrected chi connectivity index (χ4v) is 10.1. The van der Waals surface area contributed by atoms with Crippen molar-refractivity contribution >= 4 is 36.6 Å². The monoisotopic (exact) mass is 697 g/mol. The van der Waals surface area contributed by atoms with Gasteiger partial charge in [0.1, 0.15) is 0 Å². The first-order chi connectivity index (χ1) is 21.5. The van der Waals surface area contributed by atoms with Crippen LogP contribution in [0.4, 0.5) is 13.2 Å². The molecule has 2 aromatic rings. The Balaban J connectivity index is 2.32. The van der Waals surface area contributed by atoms with Gasteiger partial charge < -0.3 is 0 Å². The number of ether oxygens (including phenoxy) is 2. The van der Waals surface area contributed by atoms with Crippen molar-refractivity contribution in [1.82, 2.24) is 5.09 Å². The fourth-order valence-electron chi connectivity index (χ4n) is 5.76. The molecule has 0 unspecified atom stereocenters. The van der Waals surface area contributed by atoms with Crippen molar-refractivity contribution in [2.24, 2.45) is 0 Å². The van der Waals surface area contributed by atoms with E-state index in [2.05, 4.69) is 5.09 Å². The van der Waals surface area contributed by atoms with Gasteiger partial charge in [-0.2, -0.15) is 0 Å². The first kappa shape index (κ1) is 36.6. The van der Waals surface area contributed by atoms with Crippen LogP contribution in [-0.2, 0) is 40.8 Å². The molecule has 2 aromatic carbocycles. The summed E-state index contributed by atoms with van der Waals surface area (Å²) in [5.41, 5.74) is 2.45. The number of carbonyl (C=O) groups excluding carboxylic acids is 2. The SMILES string of the molecule is CCOC(=O)C1=C(C(=O)OCC)P2(OCC(F)(F)F)(NC1=S)Oc1c(cc(C)cc1C(C)(C)C)Cc1cc(C)cc(C(C)(C)C)c1O2. The predicted molar refractivity (Wildman–Crippen MR) is 179 cm³/mol. The molecule has 0 aromatic heterocycles. The second-order valence-electron chi connectivity index (χ2n) is 13.8. The molecule has 4 rings (SSSR count). The second kappa shape index (κ2) is 12.3. The number of hydrogen-bond acceptors (Lipinski definition) is 8. The summed E-state index contributed by atoms with van der Waals surface area (Å²) >= 11 is 5.61. The number of alkyl halides is 3. The van der Waals surface area contributed by atoms with Crippen LogP contribution in [0, 0.1) is 13.8 Å². The van der Waals surface area contributed by atoms with Crippen LogP contribution >= 0.6 is 19.7 Å². The molecule has 0 bridgehead atoms. The van der Waals surface area contributed by atoms with Gasteiger partial charge in [-0.25, -0.2) is 0 Å². The van der Waals surface area contributed by atoms with Crippen LogP contribution in [0.2, 0.25) is 0 Å². The molecule has 13 heteroatoms. The predicted octanol–water partition coefficient (Wildman–Crippen LogP) is 8.36. The zero-order valence-corrected chi connectivity index (χ0v) is 30.2. The van der Waals surface area contributed by atoms with Crippen molar-refractivity contribution in [2.45, 2.75) is 92.7 Å². The molecule has 1 spiro atoms. The third-order valence-corrected chi connectivity index (χ3v) is 11.6. The Morgan fingerprint density at radius 3 is 1.68 bits per heavy atom. The summed E-state index contributed by atoms with van der Waals surface area (Å²) in [6, 6.07) is 7.49. The summed E-state index contributed by atoms with van der Waals surface area (Å²) in [5, 5.41) is 2.07.